The Morgan fingerprint density at radius 3 is 2.92 bits per heavy atom. The number of hydrogen-bond donors (Lipinski definition) is 0. The van der Waals surface area contributed by atoms with Crippen LogP contribution in [-0.4, -0.2) is 18.1 Å². The summed E-state index contributed by atoms with van der Waals surface area (Å²) < 4.78 is 16.6. The Morgan fingerprint density at radius 1 is 1.19 bits per heavy atom. The number of ether oxygens (including phenoxy) is 2. The average molecular weight is 367 g/mol. The van der Waals surface area contributed by atoms with Crippen molar-refractivity contribution in [3.8, 4) is 5.75 Å². The third-order valence-corrected chi connectivity index (χ3v) is 4.75. The molecule has 7 heteroatoms. The number of carbonyl (C=O) groups is 1. The van der Waals surface area contributed by atoms with Crippen molar-refractivity contribution >= 4 is 38.5 Å². The van der Waals surface area contributed by atoms with E-state index in [1.807, 2.05) is 0 Å². The minimum Gasteiger partial charge on any atom is -0.497 e. The van der Waals surface area contributed by atoms with Gasteiger partial charge < -0.3 is 13.9 Å². The summed E-state index contributed by atoms with van der Waals surface area (Å²) in [4.78, 5) is 28.3. The molecule has 0 aliphatic heterocycles. The summed E-state index contributed by atoms with van der Waals surface area (Å²) in [6.45, 7) is -0.0337. The van der Waals surface area contributed by atoms with E-state index >= 15 is 0 Å². The molecule has 2 heterocycles. The number of carbonyl (C=O) groups excluding carboxylic acids is 1. The summed E-state index contributed by atoms with van der Waals surface area (Å²) in [5.41, 5.74) is 3.45. The maximum absolute atomic E-state index is 12.3. The first-order valence-electron chi connectivity index (χ1n) is 7.75. The molecule has 0 atom stereocenters. The standard InChI is InChI=1S/C19H13NO5S/c1-23-13-3-4-14-12(7-18(21)25-16(14)8-13)9-24-19(22)11-2-5-15-17(6-11)26-10-20-15/h2-8,10H,9H2,1H3. The monoisotopic (exact) mass is 367 g/mol. The summed E-state index contributed by atoms with van der Waals surface area (Å²) in [6.07, 6.45) is 0. The van der Waals surface area contributed by atoms with Crippen LogP contribution in [-0.2, 0) is 11.3 Å². The van der Waals surface area contributed by atoms with Crippen LogP contribution < -0.4 is 10.4 Å². The molecule has 0 aliphatic rings. The van der Waals surface area contributed by atoms with Gasteiger partial charge in [-0.2, -0.15) is 0 Å². The molecule has 0 radical (unpaired) electrons. The highest BCUT2D eigenvalue weighted by atomic mass is 32.1. The molecule has 26 heavy (non-hydrogen) atoms. The molecule has 0 amide bonds. The number of nitrogens with zero attached hydrogens (tertiary/aromatic N) is 1. The highest BCUT2D eigenvalue weighted by Gasteiger charge is 2.12. The minimum atomic E-state index is -0.511. The molecule has 2 aromatic carbocycles. The van der Waals surface area contributed by atoms with Crippen molar-refractivity contribution in [2.45, 2.75) is 6.61 Å². The fraction of sp³-hybridized carbons (Fsp3) is 0.105. The van der Waals surface area contributed by atoms with Crippen LogP contribution in [0.3, 0.4) is 0 Å². The van der Waals surface area contributed by atoms with Crippen molar-refractivity contribution in [3.05, 3.63) is 69.5 Å². The predicted molar refractivity (Wildman–Crippen MR) is 97.8 cm³/mol. The second-order valence-electron chi connectivity index (χ2n) is 5.56. The van der Waals surface area contributed by atoms with Crippen LogP contribution in [0.25, 0.3) is 21.2 Å². The first-order chi connectivity index (χ1) is 12.6. The molecule has 6 nitrogen and oxygen atoms in total. The van der Waals surface area contributed by atoms with Crippen molar-refractivity contribution in [2.75, 3.05) is 7.11 Å². The second-order valence-corrected chi connectivity index (χ2v) is 6.45. The van der Waals surface area contributed by atoms with E-state index in [1.54, 1.807) is 41.9 Å². The summed E-state index contributed by atoms with van der Waals surface area (Å²) >= 11 is 1.46. The molecule has 0 bridgehead atoms. The average Bonchev–Trinajstić information content (AvgIpc) is 3.12. The minimum absolute atomic E-state index is 0.0337. The maximum Gasteiger partial charge on any atom is 0.338 e. The first kappa shape index (κ1) is 16.3. The SMILES string of the molecule is COc1ccc2c(COC(=O)c3ccc4ncsc4c3)cc(=O)oc2c1. The van der Waals surface area contributed by atoms with Gasteiger partial charge in [-0.05, 0) is 30.3 Å². The molecule has 130 valence electrons. The summed E-state index contributed by atoms with van der Waals surface area (Å²) in [5.74, 6) is 0.114. The van der Waals surface area contributed by atoms with Crippen LogP contribution in [0, 0.1) is 0 Å². The molecule has 2 aromatic heterocycles. The van der Waals surface area contributed by atoms with Gasteiger partial charge in [0.1, 0.15) is 17.9 Å². The van der Waals surface area contributed by atoms with E-state index in [-0.39, 0.29) is 6.61 Å². The first-order valence-corrected chi connectivity index (χ1v) is 8.63. The van der Waals surface area contributed by atoms with Crippen molar-refractivity contribution < 1.29 is 18.7 Å². The number of thiazole rings is 1. The van der Waals surface area contributed by atoms with Crippen LogP contribution >= 0.6 is 11.3 Å². The van der Waals surface area contributed by atoms with Crippen LogP contribution in [0.2, 0.25) is 0 Å². The van der Waals surface area contributed by atoms with E-state index in [9.17, 15) is 9.59 Å². The zero-order valence-electron chi connectivity index (χ0n) is 13.7. The highest BCUT2D eigenvalue weighted by molar-refractivity contribution is 7.16. The van der Waals surface area contributed by atoms with Gasteiger partial charge in [-0.1, -0.05) is 0 Å². The number of esters is 1. The maximum atomic E-state index is 12.3. The van der Waals surface area contributed by atoms with Gasteiger partial charge in [0.15, 0.2) is 0 Å². The molecule has 4 rings (SSSR count). The molecular weight excluding hydrogens is 354 g/mol. The molecule has 0 N–H and O–H groups in total. The van der Waals surface area contributed by atoms with Gasteiger partial charge >= 0.3 is 11.6 Å². The zero-order valence-corrected chi connectivity index (χ0v) is 14.5. The number of methoxy groups -OCH3 is 1. The lowest BCUT2D eigenvalue weighted by atomic mass is 10.1. The van der Waals surface area contributed by atoms with Crippen molar-refractivity contribution in [1.29, 1.82) is 0 Å². The van der Waals surface area contributed by atoms with Crippen molar-refractivity contribution in [2.24, 2.45) is 0 Å². The van der Waals surface area contributed by atoms with Crippen LogP contribution in [0.15, 0.2) is 57.2 Å². The lowest BCUT2D eigenvalue weighted by molar-refractivity contribution is 0.0474. The van der Waals surface area contributed by atoms with Gasteiger partial charge in [0.05, 0.1) is 28.4 Å². The summed E-state index contributed by atoms with van der Waals surface area (Å²) in [7, 11) is 1.53. The van der Waals surface area contributed by atoms with Gasteiger partial charge in [-0.15, -0.1) is 11.3 Å². The third kappa shape index (κ3) is 3.04. The van der Waals surface area contributed by atoms with Crippen LogP contribution in [0.5, 0.6) is 5.75 Å². The molecule has 0 unspecified atom stereocenters. The molecular formula is C19H13NO5S. The molecule has 0 fully saturated rings. The van der Waals surface area contributed by atoms with E-state index < -0.39 is 11.6 Å². The Bertz CT molecular complexity index is 1180. The van der Waals surface area contributed by atoms with Gasteiger partial charge in [0, 0.05) is 23.1 Å². The summed E-state index contributed by atoms with van der Waals surface area (Å²) in [5, 5.41) is 0.691. The molecule has 0 spiro atoms. The molecule has 0 aliphatic carbocycles. The van der Waals surface area contributed by atoms with Gasteiger partial charge in [-0.25, -0.2) is 14.6 Å². The van der Waals surface area contributed by atoms with E-state index in [4.69, 9.17) is 13.9 Å². The second kappa shape index (κ2) is 6.61. The van der Waals surface area contributed by atoms with Crippen molar-refractivity contribution in [1.82, 2.24) is 4.98 Å². The zero-order chi connectivity index (χ0) is 18.1. The Balaban J connectivity index is 1.60. The molecule has 0 saturated heterocycles. The van der Waals surface area contributed by atoms with Crippen LogP contribution in [0.4, 0.5) is 0 Å². The number of fused-ring (bicyclic) bond motifs is 2. The lowest BCUT2D eigenvalue weighted by Gasteiger charge is -2.08. The normalized spacial score (nSPS) is 11.0. The quantitative estimate of drug-likeness (QED) is 0.404. The highest BCUT2D eigenvalue weighted by Crippen LogP contribution is 2.24. The molecule has 4 aromatic rings. The van der Waals surface area contributed by atoms with E-state index in [2.05, 4.69) is 4.98 Å². The number of aromatic nitrogens is 1. The number of benzene rings is 2. The van der Waals surface area contributed by atoms with Crippen molar-refractivity contribution in [3.63, 3.8) is 0 Å². The smallest absolute Gasteiger partial charge is 0.338 e. The Labute approximate surface area is 151 Å². The van der Waals surface area contributed by atoms with Gasteiger partial charge in [-0.3, -0.25) is 0 Å². The Kier molecular flexibility index (Phi) is 4.14. The lowest BCUT2D eigenvalue weighted by Crippen LogP contribution is -2.08. The van der Waals surface area contributed by atoms with Crippen LogP contribution in [0.1, 0.15) is 15.9 Å². The fourth-order valence-corrected chi connectivity index (χ4v) is 3.38. The summed E-state index contributed by atoms with van der Waals surface area (Å²) in [6, 6.07) is 11.7. The van der Waals surface area contributed by atoms with E-state index in [0.29, 0.717) is 27.8 Å². The topological polar surface area (TPSA) is 78.6 Å². The third-order valence-electron chi connectivity index (χ3n) is 3.96. The Hall–Kier alpha value is -3.19. The fourth-order valence-electron chi connectivity index (χ4n) is 2.67. The number of rotatable bonds is 4. The van der Waals surface area contributed by atoms with Gasteiger partial charge in [0.25, 0.3) is 0 Å². The predicted octanol–water partition coefficient (Wildman–Crippen LogP) is 3.77. The molecule has 0 saturated carbocycles. The van der Waals surface area contributed by atoms with Gasteiger partial charge in [0.2, 0.25) is 0 Å². The number of hydrogen-bond acceptors (Lipinski definition) is 7. The van der Waals surface area contributed by atoms with E-state index in [1.165, 1.54) is 24.5 Å². The largest absolute Gasteiger partial charge is 0.497 e. The van der Waals surface area contributed by atoms with E-state index in [0.717, 1.165) is 10.2 Å². The Morgan fingerprint density at radius 2 is 2.08 bits per heavy atom.